The highest BCUT2D eigenvalue weighted by Crippen LogP contribution is 2.31. The minimum absolute atomic E-state index is 0.0135. The molecule has 0 bridgehead atoms. The lowest BCUT2D eigenvalue weighted by atomic mass is 9.93. The Kier molecular flexibility index (Phi) is 13.6. The molecule has 1 aromatic heterocycles. The van der Waals surface area contributed by atoms with Crippen LogP contribution in [0.1, 0.15) is 94.7 Å². The van der Waals surface area contributed by atoms with Gasteiger partial charge in [-0.05, 0) is 31.2 Å². The number of carboxylic acid groups (broad SMARTS) is 1. The van der Waals surface area contributed by atoms with E-state index < -0.39 is 24.1 Å². The maximum atomic E-state index is 13.6. The first-order valence-corrected chi connectivity index (χ1v) is 13.4. The molecule has 1 unspecified atom stereocenters. The number of likely N-dealkylation sites (N-methyl/N-ethyl adjacent to an activating group) is 1. The molecule has 0 aliphatic heterocycles. The number of amides is 2. The van der Waals surface area contributed by atoms with Crippen molar-refractivity contribution in [2.75, 3.05) is 13.6 Å². The Morgan fingerprint density at radius 3 is 2.36 bits per heavy atom. The number of ether oxygens (including phenoxy) is 1. The first-order chi connectivity index (χ1) is 16.9. The van der Waals surface area contributed by atoms with Gasteiger partial charge in [0, 0.05) is 38.2 Å². The Balaban J connectivity index is 3.10. The van der Waals surface area contributed by atoms with Crippen LogP contribution in [-0.4, -0.2) is 64.4 Å². The fourth-order valence-electron chi connectivity index (χ4n) is 3.95. The Labute approximate surface area is 218 Å². The van der Waals surface area contributed by atoms with E-state index in [0.29, 0.717) is 30.8 Å². The average Bonchev–Trinajstić information content (AvgIpc) is 3.32. The van der Waals surface area contributed by atoms with Gasteiger partial charge in [0.05, 0.1) is 0 Å². The zero-order valence-corrected chi connectivity index (χ0v) is 23.1. The van der Waals surface area contributed by atoms with Gasteiger partial charge in [-0.1, -0.05) is 40.5 Å². The molecule has 0 radical (unpaired) electrons. The van der Waals surface area contributed by atoms with Gasteiger partial charge < -0.3 is 25.8 Å². The maximum absolute atomic E-state index is 13.6. The summed E-state index contributed by atoms with van der Waals surface area (Å²) >= 11 is 1.10. The Morgan fingerprint density at radius 2 is 1.86 bits per heavy atom. The molecule has 0 saturated heterocycles. The number of carbonyl (C=O) groups is 4. The third-order valence-electron chi connectivity index (χ3n) is 6.30. The number of aromatic carboxylic acids is 1. The quantitative estimate of drug-likeness (QED) is 0.219. The summed E-state index contributed by atoms with van der Waals surface area (Å²) in [6, 6.07) is -1.04. The van der Waals surface area contributed by atoms with E-state index in [1.54, 1.807) is 11.9 Å². The van der Waals surface area contributed by atoms with Crippen molar-refractivity contribution < 1.29 is 29.0 Å². The van der Waals surface area contributed by atoms with Crippen LogP contribution in [0, 0.1) is 11.8 Å². The summed E-state index contributed by atoms with van der Waals surface area (Å²) in [6.07, 6.45) is 2.91. The molecule has 2 amide bonds. The molecule has 0 fully saturated rings. The SMILES string of the molecule is CC[C@H](C)C(NC(=O)CCCCCN)C(=O)N(C)[C@H](C[C@@H](OC(C)=O)c1nc(C(=O)O)cs1)C(C)C. The molecular formula is C25H42N4O6S. The number of thiazole rings is 1. The molecule has 36 heavy (non-hydrogen) atoms. The molecule has 0 aliphatic rings. The van der Waals surface area contributed by atoms with Gasteiger partial charge >= 0.3 is 11.9 Å². The van der Waals surface area contributed by atoms with E-state index in [1.165, 1.54) is 12.3 Å². The second-order valence-electron chi connectivity index (χ2n) is 9.50. The van der Waals surface area contributed by atoms with E-state index in [-0.39, 0.29) is 41.8 Å². The number of esters is 1. The van der Waals surface area contributed by atoms with E-state index in [9.17, 15) is 24.3 Å². The largest absolute Gasteiger partial charge is 0.476 e. The number of carboxylic acids is 1. The number of carbonyl (C=O) groups excluding carboxylic acids is 3. The number of aromatic nitrogens is 1. The lowest BCUT2D eigenvalue weighted by molar-refractivity contribution is -0.149. The molecule has 0 spiro atoms. The number of nitrogens with two attached hydrogens (primary N) is 1. The number of hydrogen-bond acceptors (Lipinski definition) is 8. The van der Waals surface area contributed by atoms with Crippen molar-refractivity contribution >= 4 is 35.1 Å². The highest BCUT2D eigenvalue weighted by atomic mass is 32.1. The van der Waals surface area contributed by atoms with Crippen LogP contribution in [0.2, 0.25) is 0 Å². The first kappa shape index (κ1) is 31.5. The molecule has 1 rings (SSSR count). The molecule has 0 saturated carbocycles. The fourth-order valence-corrected chi connectivity index (χ4v) is 4.78. The highest BCUT2D eigenvalue weighted by Gasteiger charge is 2.35. The van der Waals surface area contributed by atoms with Gasteiger partial charge in [-0.3, -0.25) is 14.4 Å². The van der Waals surface area contributed by atoms with Gasteiger partial charge in [0.1, 0.15) is 11.0 Å². The van der Waals surface area contributed by atoms with Crippen molar-refractivity contribution in [3.63, 3.8) is 0 Å². The summed E-state index contributed by atoms with van der Waals surface area (Å²) in [5.74, 6) is -2.17. The minimum atomic E-state index is -1.16. The van der Waals surface area contributed by atoms with Crippen LogP contribution in [0.3, 0.4) is 0 Å². The number of rotatable bonds is 16. The van der Waals surface area contributed by atoms with E-state index in [2.05, 4.69) is 10.3 Å². The molecule has 4 atom stereocenters. The van der Waals surface area contributed by atoms with Crippen molar-refractivity contribution in [1.82, 2.24) is 15.2 Å². The summed E-state index contributed by atoms with van der Waals surface area (Å²) in [7, 11) is 1.69. The van der Waals surface area contributed by atoms with Crippen LogP contribution >= 0.6 is 11.3 Å². The van der Waals surface area contributed by atoms with Gasteiger partial charge in [-0.2, -0.15) is 0 Å². The van der Waals surface area contributed by atoms with E-state index in [4.69, 9.17) is 10.5 Å². The van der Waals surface area contributed by atoms with E-state index in [1.807, 2.05) is 27.7 Å². The van der Waals surface area contributed by atoms with Crippen LogP contribution < -0.4 is 11.1 Å². The number of nitrogens with zero attached hydrogens (tertiary/aromatic N) is 2. The standard InChI is InChI=1S/C25H42N4O6S/c1-7-16(4)22(28-21(31)11-9-8-10-12-26)24(32)29(6)19(15(2)3)13-20(35-17(5)30)23-27-18(14-36-23)25(33)34/h14-16,19-20,22H,7-13,26H2,1-6H3,(H,28,31)(H,33,34)/t16-,19+,20+,22?/m0/s1. The monoisotopic (exact) mass is 526 g/mol. The zero-order valence-electron chi connectivity index (χ0n) is 22.3. The summed E-state index contributed by atoms with van der Waals surface area (Å²) in [5, 5.41) is 13.9. The minimum Gasteiger partial charge on any atom is -0.476 e. The Bertz CT molecular complexity index is 874. The third kappa shape index (κ3) is 9.85. The van der Waals surface area contributed by atoms with Gasteiger partial charge in [-0.15, -0.1) is 11.3 Å². The van der Waals surface area contributed by atoms with Gasteiger partial charge in [0.2, 0.25) is 11.8 Å². The summed E-state index contributed by atoms with van der Waals surface area (Å²) in [4.78, 5) is 55.0. The van der Waals surface area contributed by atoms with Crippen molar-refractivity contribution in [3.8, 4) is 0 Å². The van der Waals surface area contributed by atoms with E-state index in [0.717, 1.165) is 24.2 Å². The molecule has 0 aliphatic carbocycles. The lowest BCUT2D eigenvalue weighted by Gasteiger charge is -2.37. The highest BCUT2D eigenvalue weighted by molar-refractivity contribution is 7.09. The maximum Gasteiger partial charge on any atom is 0.355 e. The normalized spacial score (nSPS) is 14.6. The molecule has 1 aromatic rings. The van der Waals surface area contributed by atoms with Crippen molar-refractivity contribution in [3.05, 3.63) is 16.1 Å². The predicted octanol–water partition coefficient (Wildman–Crippen LogP) is 3.37. The van der Waals surface area contributed by atoms with Crippen molar-refractivity contribution in [2.45, 2.75) is 91.3 Å². The fraction of sp³-hybridized carbons (Fsp3) is 0.720. The lowest BCUT2D eigenvalue weighted by Crippen LogP contribution is -2.54. The van der Waals surface area contributed by atoms with E-state index >= 15 is 0 Å². The second-order valence-corrected chi connectivity index (χ2v) is 10.4. The Hall–Kier alpha value is -2.53. The Morgan fingerprint density at radius 1 is 1.19 bits per heavy atom. The van der Waals surface area contributed by atoms with Gasteiger partial charge in [-0.25, -0.2) is 9.78 Å². The second kappa shape index (κ2) is 15.6. The molecule has 1 heterocycles. The molecule has 4 N–H and O–H groups in total. The molecule has 10 nitrogen and oxygen atoms in total. The van der Waals surface area contributed by atoms with Crippen LogP contribution in [0.4, 0.5) is 0 Å². The smallest absolute Gasteiger partial charge is 0.355 e. The van der Waals surface area contributed by atoms with Crippen molar-refractivity contribution in [2.24, 2.45) is 17.6 Å². The van der Waals surface area contributed by atoms with Crippen LogP contribution in [0.15, 0.2) is 5.38 Å². The van der Waals surface area contributed by atoms with Crippen LogP contribution in [0.5, 0.6) is 0 Å². The summed E-state index contributed by atoms with van der Waals surface area (Å²) in [5.41, 5.74) is 5.39. The third-order valence-corrected chi connectivity index (χ3v) is 7.24. The first-order valence-electron chi connectivity index (χ1n) is 12.5. The molecule has 11 heteroatoms. The van der Waals surface area contributed by atoms with Crippen LogP contribution in [-0.2, 0) is 19.1 Å². The zero-order chi connectivity index (χ0) is 27.4. The number of unbranched alkanes of at least 4 members (excludes halogenated alkanes) is 2. The van der Waals surface area contributed by atoms with Gasteiger partial charge in [0.25, 0.3) is 0 Å². The molecule has 204 valence electrons. The molecule has 0 aromatic carbocycles. The topological polar surface area (TPSA) is 152 Å². The predicted molar refractivity (Wildman–Crippen MR) is 139 cm³/mol. The number of hydrogen-bond donors (Lipinski definition) is 3. The average molecular weight is 527 g/mol. The summed E-state index contributed by atoms with van der Waals surface area (Å²) < 4.78 is 5.50. The van der Waals surface area contributed by atoms with Gasteiger partial charge in [0.15, 0.2) is 11.8 Å². The summed E-state index contributed by atoms with van der Waals surface area (Å²) in [6.45, 7) is 9.68. The van der Waals surface area contributed by atoms with Crippen LogP contribution in [0.25, 0.3) is 0 Å². The van der Waals surface area contributed by atoms with Crippen molar-refractivity contribution in [1.29, 1.82) is 0 Å². The molecular weight excluding hydrogens is 484 g/mol. The number of nitrogens with one attached hydrogen (secondary N) is 1.